The van der Waals surface area contributed by atoms with Crippen LogP contribution in [0, 0.1) is 5.92 Å². The maximum Gasteiger partial charge on any atom is 0.457 e. The van der Waals surface area contributed by atoms with Crippen molar-refractivity contribution in [3.8, 4) is 0 Å². The van der Waals surface area contributed by atoms with Crippen LogP contribution in [0.1, 0.15) is 72.1 Å². The summed E-state index contributed by atoms with van der Waals surface area (Å²) >= 11 is 0. The van der Waals surface area contributed by atoms with Crippen LogP contribution in [-0.2, 0) is 8.85 Å². The topological polar surface area (TPSA) is 18.5 Å². The first kappa shape index (κ1) is 16.8. The van der Waals surface area contributed by atoms with Crippen molar-refractivity contribution >= 4 is 9.28 Å². The highest BCUT2D eigenvalue weighted by Gasteiger charge is 2.18. The van der Waals surface area contributed by atoms with Crippen molar-refractivity contribution in [3.05, 3.63) is 11.8 Å². The third kappa shape index (κ3) is 7.78. The highest BCUT2D eigenvalue weighted by Crippen LogP contribution is 2.25. The van der Waals surface area contributed by atoms with Gasteiger partial charge in [-0.1, -0.05) is 45.4 Å². The summed E-state index contributed by atoms with van der Waals surface area (Å²) in [7, 11) is -1.08. The molecule has 19 heavy (non-hydrogen) atoms. The van der Waals surface area contributed by atoms with E-state index in [0.717, 1.165) is 24.3 Å². The molecule has 0 amide bonds. The lowest BCUT2D eigenvalue weighted by Gasteiger charge is -2.17. The van der Waals surface area contributed by atoms with Crippen LogP contribution in [-0.4, -0.2) is 15.9 Å². The zero-order valence-electron chi connectivity index (χ0n) is 13.0. The Balaban J connectivity index is 2.41. The molecule has 1 rings (SSSR count). The first-order chi connectivity index (χ1) is 9.26. The van der Waals surface area contributed by atoms with Gasteiger partial charge in [-0.2, -0.15) is 0 Å². The normalized spacial score (nSPS) is 18.6. The van der Waals surface area contributed by atoms with Crippen LogP contribution in [0.3, 0.4) is 0 Å². The van der Waals surface area contributed by atoms with E-state index >= 15 is 0 Å². The molecule has 0 atom stereocenters. The molecule has 1 saturated carbocycles. The third-order valence-electron chi connectivity index (χ3n) is 3.68. The molecule has 0 aromatic rings. The monoisotopic (exact) mass is 283 g/mol. The summed E-state index contributed by atoms with van der Waals surface area (Å²) in [6.45, 7) is 7.17. The Hall–Kier alpha value is -0.283. The molecule has 0 N–H and O–H groups in total. The van der Waals surface area contributed by atoms with Gasteiger partial charge in [-0.15, -0.1) is 0 Å². The lowest BCUT2D eigenvalue weighted by molar-refractivity contribution is 0.244. The average Bonchev–Trinajstić information content (AvgIpc) is 2.64. The van der Waals surface area contributed by atoms with E-state index < -0.39 is 9.28 Å². The van der Waals surface area contributed by atoms with Gasteiger partial charge < -0.3 is 8.85 Å². The second-order valence-electron chi connectivity index (χ2n) is 5.54. The van der Waals surface area contributed by atoms with Crippen LogP contribution in [0.2, 0.25) is 6.04 Å². The quantitative estimate of drug-likeness (QED) is 0.346. The number of allylic oxidation sites excluding steroid dienone is 2. The first-order valence-electron chi connectivity index (χ1n) is 8.11. The molecule has 0 heterocycles. The van der Waals surface area contributed by atoms with Gasteiger partial charge in [0.1, 0.15) is 0 Å². The molecule has 0 aromatic carbocycles. The van der Waals surface area contributed by atoms with Gasteiger partial charge in [0.25, 0.3) is 0 Å². The fraction of sp³-hybridized carbons (Fsp3) is 0.875. The maximum atomic E-state index is 6.08. The van der Waals surface area contributed by atoms with E-state index in [1.165, 1.54) is 51.4 Å². The van der Waals surface area contributed by atoms with Gasteiger partial charge >= 0.3 is 9.28 Å². The standard InChI is InChI=1S/C16H31O2Si/c1-4-6-13-19(17-5-2)18-15(3)14-16-11-9-7-8-10-12-16/h14,16H,4-13H2,1-3H3. The lowest BCUT2D eigenvalue weighted by Crippen LogP contribution is -2.22. The van der Waals surface area contributed by atoms with Gasteiger partial charge in [0.2, 0.25) is 0 Å². The molecule has 1 aliphatic rings. The molecular weight excluding hydrogens is 252 g/mol. The molecule has 2 nitrogen and oxygen atoms in total. The van der Waals surface area contributed by atoms with Gasteiger partial charge in [0.15, 0.2) is 0 Å². The summed E-state index contributed by atoms with van der Waals surface area (Å²) in [6.07, 6.45) is 13.1. The Bertz CT molecular complexity index is 245. The van der Waals surface area contributed by atoms with Crippen LogP contribution in [0.15, 0.2) is 11.8 Å². The minimum Gasteiger partial charge on any atom is -0.523 e. The molecule has 0 aliphatic heterocycles. The Morgan fingerprint density at radius 3 is 2.42 bits per heavy atom. The maximum absolute atomic E-state index is 6.08. The highest BCUT2D eigenvalue weighted by molar-refractivity contribution is 6.44. The lowest BCUT2D eigenvalue weighted by atomic mass is 10.00. The number of hydrogen-bond acceptors (Lipinski definition) is 2. The largest absolute Gasteiger partial charge is 0.523 e. The summed E-state index contributed by atoms with van der Waals surface area (Å²) in [4.78, 5) is 0. The molecule has 1 radical (unpaired) electrons. The summed E-state index contributed by atoms with van der Waals surface area (Å²) in [6, 6.07) is 1.10. The molecule has 111 valence electrons. The summed E-state index contributed by atoms with van der Waals surface area (Å²) in [5.41, 5.74) is 0. The number of rotatable bonds is 8. The second-order valence-corrected chi connectivity index (χ2v) is 7.28. The van der Waals surface area contributed by atoms with E-state index in [9.17, 15) is 0 Å². The molecule has 0 saturated heterocycles. The number of unbranched alkanes of at least 4 members (excludes halogenated alkanes) is 1. The van der Waals surface area contributed by atoms with Crippen LogP contribution in [0.5, 0.6) is 0 Å². The van der Waals surface area contributed by atoms with Crippen molar-refractivity contribution in [1.82, 2.24) is 0 Å². The molecule has 1 aliphatic carbocycles. The van der Waals surface area contributed by atoms with Crippen LogP contribution >= 0.6 is 0 Å². The summed E-state index contributed by atoms with van der Waals surface area (Å²) in [5.74, 6) is 1.84. The molecule has 0 unspecified atom stereocenters. The first-order valence-corrected chi connectivity index (χ1v) is 9.63. The average molecular weight is 284 g/mol. The van der Waals surface area contributed by atoms with E-state index in [1.54, 1.807) is 0 Å². The summed E-state index contributed by atoms with van der Waals surface area (Å²) < 4.78 is 11.8. The second kappa shape index (κ2) is 10.5. The molecule has 0 spiro atoms. The fourth-order valence-corrected chi connectivity index (χ4v) is 4.35. The van der Waals surface area contributed by atoms with E-state index in [0.29, 0.717) is 0 Å². The van der Waals surface area contributed by atoms with E-state index in [2.05, 4.69) is 26.8 Å². The Morgan fingerprint density at radius 1 is 1.16 bits per heavy atom. The van der Waals surface area contributed by atoms with Gasteiger partial charge in [-0.3, -0.25) is 0 Å². The SMILES string of the molecule is CCCC[Si](OCC)OC(C)=CC1CCCCCC1. The zero-order chi connectivity index (χ0) is 13.9. The van der Waals surface area contributed by atoms with Crippen LogP contribution in [0.4, 0.5) is 0 Å². The molecule has 3 heteroatoms. The fourth-order valence-electron chi connectivity index (χ4n) is 2.66. The van der Waals surface area contributed by atoms with Crippen molar-refractivity contribution in [1.29, 1.82) is 0 Å². The van der Waals surface area contributed by atoms with Gasteiger partial charge in [0.05, 0.1) is 5.76 Å². The van der Waals surface area contributed by atoms with Crippen LogP contribution < -0.4 is 0 Å². The predicted octanol–water partition coefficient (Wildman–Crippen LogP) is 5.20. The van der Waals surface area contributed by atoms with Crippen molar-refractivity contribution in [3.63, 3.8) is 0 Å². The molecular formula is C16H31O2Si. The minimum atomic E-state index is -1.08. The molecule has 0 bridgehead atoms. The minimum absolute atomic E-state index is 0.735. The van der Waals surface area contributed by atoms with Crippen molar-refractivity contribution in [2.45, 2.75) is 78.2 Å². The van der Waals surface area contributed by atoms with Gasteiger partial charge in [-0.25, -0.2) is 0 Å². The van der Waals surface area contributed by atoms with Gasteiger partial charge in [-0.05, 0) is 38.7 Å². The van der Waals surface area contributed by atoms with E-state index in [4.69, 9.17) is 8.85 Å². The van der Waals surface area contributed by atoms with Crippen molar-refractivity contribution in [2.24, 2.45) is 5.92 Å². The Morgan fingerprint density at radius 2 is 1.84 bits per heavy atom. The highest BCUT2D eigenvalue weighted by atomic mass is 28.3. The zero-order valence-corrected chi connectivity index (χ0v) is 14.0. The van der Waals surface area contributed by atoms with Crippen LogP contribution in [0.25, 0.3) is 0 Å². The Kier molecular flexibility index (Phi) is 9.27. The third-order valence-corrected chi connectivity index (χ3v) is 5.61. The molecule has 1 fully saturated rings. The van der Waals surface area contributed by atoms with Gasteiger partial charge in [0, 0.05) is 12.7 Å². The smallest absolute Gasteiger partial charge is 0.457 e. The van der Waals surface area contributed by atoms with E-state index in [-0.39, 0.29) is 0 Å². The van der Waals surface area contributed by atoms with E-state index in [1.807, 2.05) is 0 Å². The van der Waals surface area contributed by atoms with Crippen molar-refractivity contribution in [2.75, 3.05) is 6.61 Å². The number of hydrogen-bond donors (Lipinski definition) is 0. The Labute approximate surface area is 121 Å². The van der Waals surface area contributed by atoms with Crippen molar-refractivity contribution < 1.29 is 8.85 Å². The molecule has 0 aromatic heterocycles. The predicted molar refractivity (Wildman–Crippen MR) is 83.1 cm³/mol. The summed E-state index contributed by atoms with van der Waals surface area (Å²) in [5, 5.41) is 0.